The van der Waals surface area contributed by atoms with Crippen LogP contribution in [0.15, 0.2) is 12.1 Å². The highest BCUT2D eigenvalue weighted by Crippen LogP contribution is 2.36. The van der Waals surface area contributed by atoms with E-state index in [1.165, 1.54) is 31.4 Å². The number of fused-ring (bicyclic) bond motifs is 1. The van der Waals surface area contributed by atoms with Gasteiger partial charge in [-0.1, -0.05) is 0 Å². The number of hydrogen-bond acceptors (Lipinski definition) is 7. The normalized spacial score (nSPS) is 20.4. The molecule has 4 rings (SSSR count). The average molecular weight is 375 g/mol. The van der Waals surface area contributed by atoms with Crippen molar-refractivity contribution in [1.29, 1.82) is 0 Å². The van der Waals surface area contributed by atoms with Gasteiger partial charge in [-0.05, 0) is 37.5 Å². The van der Waals surface area contributed by atoms with E-state index in [9.17, 15) is 0 Å². The summed E-state index contributed by atoms with van der Waals surface area (Å²) in [7, 11) is 3.32. The minimum absolute atomic E-state index is 0.450. The lowest BCUT2D eigenvalue weighted by atomic mass is 10.1. The molecule has 2 aromatic rings. The third-order valence-corrected chi connectivity index (χ3v) is 6.29. The smallest absolute Gasteiger partial charge is 0.227 e. The molecule has 26 heavy (non-hydrogen) atoms. The molecule has 1 aromatic carbocycles. The van der Waals surface area contributed by atoms with Crippen LogP contribution in [-0.2, 0) is 0 Å². The fourth-order valence-electron chi connectivity index (χ4n) is 3.66. The maximum atomic E-state index is 5.50. The summed E-state index contributed by atoms with van der Waals surface area (Å²) in [6, 6.07) is 4.39. The van der Waals surface area contributed by atoms with E-state index in [1.807, 2.05) is 23.9 Å². The Kier molecular flexibility index (Phi) is 5.24. The maximum Gasteiger partial charge on any atom is 0.227 e. The number of anilines is 2. The summed E-state index contributed by atoms with van der Waals surface area (Å²) in [5, 5.41) is 4.67. The summed E-state index contributed by atoms with van der Waals surface area (Å²) >= 11 is 2.01. The molecule has 0 spiro atoms. The molecule has 2 fully saturated rings. The number of thioether (sulfide) groups is 1. The van der Waals surface area contributed by atoms with Gasteiger partial charge >= 0.3 is 0 Å². The van der Waals surface area contributed by atoms with Crippen LogP contribution in [0.4, 0.5) is 11.8 Å². The first-order valence-electron chi connectivity index (χ1n) is 9.31. The number of rotatable bonds is 5. The molecule has 2 aliphatic heterocycles. The van der Waals surface area contributed by atoms with Crippen molar-refractivity contribution in [2.75, 3.05) is 49.0 Å². The van der Waals surface area contributed by atoms with Crippen LogP contribution >= 0.6 is 11.8 Å². The molecule has 2 saturated heterocycles. The van der Waals surface area contributed by atoms with E-state index in [0.29, 0.717) is 17.5 Å². The maximum absolute atomic E-state index is 5.50. The van der Waals surface area contributed by atoms with Gasteiger partial charge in [-0.15, -0.1) is 0 Å². The predicted octanol–water partition coefficient (Wildman–Crippen LogP) is 3.55. The fraction of sp³-hybridized carbons (Fsp3) is 0.579. The van der Waals surface area contributed by atoms with Gasteiger partial charge in [0.25, 0.3) is 0 Å². The second kappa shape index (κ2) is 7.78. The summed E-state index contributed by atoms with van der Waals surface area (Å²) in [5.41, 5.74) is 0.894. The quantitative estimate of drug-likeness (QED) is 0.859. The van der Waals surface area contributed by atoms with E-state index in [2.05, 4.69) is 10.2 Å². The van der Waals surface area contributed by atoms with Crippen molar-refractivity contribution in [2.24, 2.45) is 0 Å². The van der Waals surface area contributed by atoms with Crippen LogP contribution in [0.25, 0.3) is 10.9 Å². The number of aromatic nitrogens is 2. The molecule has 7 heteroatoms. The molecule has 1 atom stereocenters. The van der Waals surface area contributed by atoms with E-state index >= 15 is 0 Å². The van der Waals surface area contributed by atoms with Gasteiger partial charge in [0, 0.05) is 36.3 Å². The first kappa shape index (κ1) is 17.5. The minimum atomic E-state index is 0.450. The standard InChI is InChI=1S/C19H26N4O2S/c1-24-16-10-14-15(11-17(16)25-2)21-19(23-7-3-4-8-23)22-18(14)20-13-6-5-9-26-12-13/h10-11,13H,3-9,12H2,1-2H3,(H,20,21,22). The van der Waals surface area contributed by atoms with Gasteiger partial charge in [-0.25, -0.2) is 4.98 Å². The van der Waals surface area contributed by atoms with Crippen LogP contribution in [0.5, 0.6) is 11.5 Å². The van der Waals surface area contributed by atoms with E-state index in [4.69, 9.17) is 19.4 Å². The van der Waals surface area contributed by atoms with Crippen molar-refractivity contribution < 1.29 is 9.47 Å². The number of methoxy groups -OCH3 is 2. The molecule has 140 valence electrons. The second-order valence-electron chi connectivity index (χ2n) is 6.85. The first-order chi connectivity index (χ1) is 12.8. The lowest BCUT2D eigenvalue weighted by Gasteiger charge is -2.25. The van der Waals surface area contributed by atoms with Crippen molar-refractivity contribution in [1.82, 2.24) is 9.97 Å². The Morgan fingerprint density at radius 1 is 1.08 bits per heavy atom. The molecule has 1 N–H and O–H groups in total. The summed E-state index contributed by atoms with van der Waals surface area (Å²) in [5.74, 6) is 5.51. The molecule has 0 aliphatic carbocycles. The summed E-state index contributed by atoms with van der Waals surface area (Å²) in [4.78, 5) is 12.0. The van der Waals surface area contributed by atoms with Gasteiger partial charge < -0.3 is 19.7 Å². The molecule has 1 unspecified atom stereocenters. The van der Waals surface area contributed by atoms with Gasteiger partial charge in [0.05, 0.1) is 19.7 Å². The number of benzene rings is 1. The van der Waals surface area contributed by atoms with Crippen molar-refractivity contribution >= 4 is 34.4 Å². The van der Waals surface area contributed by atoms with Crippen molar-refractivity contribution in [3.8, 4) is 11.5 Å². The third-order valence-electron chi connectivity index (χ3n) is 5.08. The molecule has 0 saturated carbocycles. The molecule has 0 radical (unpaired) electrons. The third kappa shape index (κ3) is 3.49. The zero-order valence-corrected chi connectivity index (χ0v) is 16.3. The van der Waals surface area contributed by atoms with E-state index in [0.717, 1.165) is 41.5 Å². The first-order valence-corrected chi connectivity index (χ1v) is 10.5. The van der Waals surface area contributed by atoms with E-state index in [1.54, 1.807) is 14.2 Å². The van der Waals surface area contributed by atoms with Crippen LogP contribution in [0.1, 0.15) is 25.7 Å². The van der Waals surface area contributed by atoms with E-state index in [-0.39, 0.29) is 0 Å². The Balaban J connectivity index is 1.78. The van der Waals surface area contributed by atoms with Crippen molar-refractivity contribution in [3.05, 3.63) is 12.1 Å². The van der Waals surface area contributed by atoms with Crippen molar-refractivity contribution in [2.45, 2.75) is 31.7 Å². The van der Waals surface area contributed by atoms with Gasteiger partial charge in [0.1, 0.15) is 5.82 Å². The van der Waals surface area contributed by atoms with Crippen molar-refractivity contribution in [3.63, 3.8) is 0 Å². The predicted molar refractivity (Wildman–Crippen MR) is 108 cm³/mol. The minimum Gasteiger partial charge on any atom is -0.493 e. The Hall–Kier alpha value is -1.89. The summed E-state index contributed by atoms with van der Waals surface area (Å²) in [6.07, 6.45) is 4.84. The molecule has 6 nitrogen and oxygen atoms in total. The van der Waals surface area contributed by atoms with Crippen LogP contribution in [0.2, 0.25) is 0 Å². The number of hydrogen-bond donors (Lipinski definition) is 1. The van der Waals surface area contributed by atoms with Gasteiger partial charge in [-0.2, -0.15) is 16.7 Å². The summed E-state index contributed by atoms with van der Waals surface area (Å²) in [6.45, 7) is 2.05. The molecule has 3 heterocycles. The Morgan fingerprint density at radius 2 is 1.85 bits per heavy atom. The van der Waals surface area contributed by atoms with Gasteiger partial charge in [0.2, 0.25) is 5.95 Å². The highest BCUT2D eigenvalue weighted by atomic mass is 32.2. The van der Waals surface area contributed by atoms with Crippen LogP contribution in [0.3, 0.4) is 0 Å². The molecular formula is C19H26N4O2S. The van der Waals surface area contributed by atoms with E-state index < -0.39 is 0 Å². The molecule has 0 bridgehead atoms. The molecular weight excluding hydrogens is 348 g/mol. The lowest BCUT2D eigenvalue weighted by molar-refractivity contribution is 0.356. The zero-order valence-electron chi connectivity index (χ0n) is 15.5. The van der Waals surface area contributed by atoms with Crippen LogP contribution in [0, 0.1) is 0 Å². The molecule has 1 aromatic heterocycles. The largest absolute Gasteiger partial charge is 0.493 e. The Labute approximate surface area is 158 Å². The highest BCUT2D eigenvalue weighted by molar-refractivity contribution is 7.99. The average Bonchev–Trinajstić information content (AvgIpc) is 3.22. The van der Waals surface area contributed by atoms with Gasteiger partial charge in [-0.3, -0.25) is 0 Å². The monoisotopic (exact) mass is 374 g/mol. The number of nitrogens with zero attached hydrogens (tertiary/aromatic N) is 3. The fourth-order valence-corrected chi connectivity index (χ4v) is 4.73. The molecule has 2 aliphatic rings. The summed E-state index contributed by atoms with van der Waals surface area (Å²) < 4.78 is 11.0. The van der Waals surface area contributed by atoms with Crippen LogP contribution < -0.4 is 19.7 Å². The SMILES string of the molecule is COc1cc2nc(N3CCCC3)nc(NC3CCCSC3)c2cc1OC. The second-order valence-corrected chi connectivity index (χ2v) is 8.00. The number of ether oxygens (including phenoxy) is 2. The zero-order chi connectivity index (χ0) is 17.9. The highest BCUT2D eigenvalue weighted by Gasteiger charge is 2.21. The lowest BCUT2D eigenvalue weighted by Crippen LogP contribution is -2.27. The topological polar surface area (TPSA) is 59.5 Å². The molecule has 0 amide bonds. The number of nitrogens with one attached hydrogen (secondary N) is 1. The van der Waals surface area contributed by atoms with Gasteiger partial charge in [0.15, 0.2) is 11.5 Å². The van der Waals surface area contributed by atoms with Crippen LogP contribution in [-0.4, -0.2) is 54.8 Å². The Bertz CT molecular complexity index is 774. The Morgan fingerprint density at radius 3 is 2.54 bits per heavy atom.